The highest BCUT2D eigenvalue weighted by Crippen LogP contribution is 2.35. The van der Waals surface area contributed by atoms with Crippen molar-refractivity contribution in [3.05, 3.63) is 71.0 Å². The van der Waals surface area contributed by atoms with E-state index in [0.717, 1.165) is 16.4 Å². The molecular formula is C21H18F3N3O3. The lowest BCUT2D eigenvalue weighted by Gasteiger charge is -2.19. The molecule has 0 bridgehead atoms. The van der Waals surface area contributed by atoms with Crippen molar-refractivity contribution in [1.82, 2.24) is 14.7 Å². The lowest BCUT2D eigenvalue weighted by atomic mass is 10.1. The summed E-state index contributed by atoms with van der Waals surface area (Å²) >= 11 is 0. The highest BCUT2D eigenvalue weighted by Gasteiger charge is 2.41. The van der Waals surface area contributed by atoms with Crippen LogP contribution in [-0.2, 0) is 12.7 Å². The molecule has 0 aliphatic carbocycles. The van der Waals surface area contributed by atoms with Crippen molar-refractivity contribution < 1.29 is 27.4 Å². The molecule has 9 heteroatoms. The maximum atomic E-state index is 13.8. The number of halogens is 3. The van der Waals surface area contributed by atoms with Crippen LogP contribution < -0.4 is 9.47 Å². The molecule has 0 unspecified atom stereocenters. The molecule has 1 aromatic heterocycles. The number of alkyl halides is 3. The largest absolute Gasteiger partial charge is 0.454 e. The van der Waals surface area contributed by atoms with Gasteiger partial charge in [-0.2, -0.15) is 18.3 Å². The van der Waals surface area contributed by atoms with E-state index in [0.29, 0.717) is 17.1 Å². The molecule has 0 saturated carbocycles. The fourth-order valence-electron chi connectivity index (χ4n) is 3.25. The van der Waals surface area contributed by atoms with Crippen LogP contribution in [0.4, 0.5) is 13.2 Å². The van der Waals surface area contributed by atoms with Gasteiger partial charge >= 0.3 is 6.18 Å². The molecule has 0 spiro atoms. The van der Waals surface area contributed by atoms with E-state index in [1.807, 2.05) is 6.92 Å². The molecule has 6 nitrogen and oxygen atoms in total. The first kappa shape index (κ1) is 19.8. The molecule has 3 aromatic rings. The van der Waals surface area contributed by atoms with E-state index in [2.05, 4.69) is 5.10 Å². The Balaban J connectivity index is 1.64. The Morgan fingerprint density at radius 1 is 1.13 bits per heavy atom. The summed E-state index contributed by atoms with van der Waals surface area (Å²) in [5, 5.41) is 3.85. The SMILES string of the molecule is Cc1ccc(-n2ncc(C(=O)N(C)Cc3ccc4c(c3)OCO4)c2C(F)(F)F)cc1. The quantitative estimate of drug-likeness (QED) is 0.639. The Labute approximate surface area is 170 Å². The van der Waals surface area contributed by atoms with Gasteiger partial charge in [-0.15, -0.1) is 0 Å². The smallest absolute Gasteiger partial charge is 0.434 e. The fraction of sp³-hybridized carbons (Fsp3) is 0.238. The summed E-state index contributed by atoms with van der Waals surface area (Å²) in [7, 11) is 1.44. The lowest BCUT2D eigenvalue weighted by molar-refractivity contribution is -0.143. The fourth-order valence-corrected chi connectivity index (χ4v) is 3.25. The van der Waals surface area contributed by atoms with Crippen LogP contribution in [0.15, 0.2) is 48.7 Å². The Hall–Kier alpha value is -3.49. The van der Waals surface area contributed by atoms with Gasteiger partial charge in [0.15, 0.2) is 17.2 Å². The van der Waals surface area contributed by atoms with E-state index < -0.39 is 23.3 Å². The van der Waals surface area contributed by atoms with Crippen LogP contribution in [0.5, 0.6) is 11.5 Å². The van der Waals surface area contributed by atoms with E-state index in [1.165, 1.54) is 24.1 Å². The monoisotopic (exact) mass is 417 g/mol. The highest BCUT2D eigenvalue weighted by atomic mass is 19.4. The maximum Gasteiger partial charge on any atom is 0.434 e. The minimum Gasteiger partial charge on any atom is -0.454 e. The Bertz CT molecular complexity index is 1090. The van der Waals surface area contributed by atoms with Gasteiger partial charge in [-0.05, 0) is 36.8 Å². The Morgan fingerprint density at radius 2 is 1.83 bits per heavy atom. The van der Waals surface area contributed by atoms with Gasteiger partial charge < -0.3 is 14.4 Å². The van der Waals surface area contributed by atoms with E-state index in [1.54, 1.807) is 30.3 Å². The van der Waals surface area contributed by atoms with Gasteiger partial charge in [-0.1, -0.05) is 23.8 Å². The number of benzene rings is 2. The predicted molar refractivity (Wildman–Crippen MR) is 102 cm³/mol. The van der Waals surface area contributed by atoms with Crippen LogP contribution in [0.25, 0.3) is 5.69 Å². The average molecular weight is 417 g/mol. The molecule has 1 aliphatic rings. The van der Waals surface area contributed by atoms with Gasteiger partial charge in [0.25, 0.3) is 5.91 Å². The number of carbonyl (C=O) groups is 1. The molecule has 2 heterocycles. The van der Waals surface area contributed by atoms with Crippen LogP contribution in [0, 0.1) is 6.92 Å². The summed E-state index contributed by atoms with van der Waals surface area (Å²) in [6, 6.07) is 11.6. The van der Waals surface area contributed by atoms with Crippen LogP contribution in [-0.4, -0.2) is 34.4 Å². The second-order valence-electron chi connectivity index (χ2n) is 7.00. The molecule has 1 aliphatic heterocycles. The number of aromatic nitrogens is 2. The van der Waals surface area contributed by atoms with Crippen molar-refractivity contribution in [3.8, 4) is 17.2 Å². The Morgan fingerprint density at radius 3 is 2.53 bits per heavy atom. The number of carbonyl (C=O) groups excluding carboxylic acids is 1. The zero-order valence-corrected chi connectivity index (χ0v) is 16.2. The zero-order chi connectivity index (χ0) is 21.5. The molecular weight excluding hydrogens is 399 g/mol. The maximum absolute atomic E-state index is 13.8. The summed E-state index contributed by atoms with van der Waals surface area (Å²) in [6.07, 6.45) is -3.80. The second kappa shape index (κ2) is 7.40. The summed E-state index contributed by atoms with van der Waals surface area (Å²) in [5.41, 5.74) is 0.222. The van der Waals surface area contributed by atoms with E-state index in [-0.39, 0.29) is 19.0 Å². The number of hydrogen-bond acceptors (Lipinski definition) is 4. The van der Waals surface area contributed by atoms with Gasteiger partial charge in [0, 0.05) is 13.6 Å². The third kappa shape index (κ3) is 3.70. The van der Waals surface area contributed by atoms with Crippen molar-refractivity contribution in [2.24, 2.45) is 0 Å². The van der Waals surface area contributed by atoms with Crippen molar-refractivity contribution in [3.63, 3.8) is 0 Å². The van der Waals surface area contributed by atoms with Crippen molar-refractivity contribution >= 4 is 5.91 Å². The normalized spacial score (nSPS) is 12.8. The molecule has 4 rings (SSSR count). The first-order chi connectivity index (χ1) is 14.2. The lowest BCUT2D eigenvalue weighted by Crippen LogP contribution is -2.28. The van der Waals surface area contributed by atoms with E-state index in [4.69, 9.17) is 9.47 Å². The molecule has 30 heavy (non-hydrogen) atoms. The van der Waals surface area contributed by atoms with Gasteiger partial charge in [0.05, 0.1) is 17.4 Å². The first-order valence-electron chi connectivity index (χ1n) is 9.10. The molecule has 156 valence electrons. The van der Waals surface area contributed by atoms with Crippen molar-refractivity contribution in [2.45, 2.75) is 19.6 Å². The van der Waals surface area contributed by atoms with Gasteiger partial charge in [0.2, 0.25) is 6.79 Å². The van der Waals surface area contributed by atoms with Gasteiger partial charge in [-0.25, -0.2) is 4.68 Å². The second-order valence-corrected chi connectivity index (χ2v) is 7.00. The number of aryl methyl sites for hydroxylation is 1. The van der Waals surface area contributed by atoms with Gasteiger partial charge in [-0.3, -0.25) is 4.79 Å². The van der Waals surface area contributed by atoms with Crippen LogP contribution in [0.3, 0.4) is 0 Å². The number of hydrogen-bond donors (Lipinski definition) is 0. The standard InChI is InChI=1S/C21H18F3N3O3/c1-13-3-6-15(7-4-13)27-19(21(22,23)24)16(10-25-27)20(28)26(2)11-14-5-8-17-18(9-14)30-12-29-17/h3-10H,11-12H2,1-2H3. The summed E-state index contributed by atoms with van der Waals surface area (Å²) in [6.45, 7) is 2.04. The third-order valence-electron chi connectivity index (χ3n) is 4.75. The number of amides is 1. The molecule has 2 aromatic carbocycles. The summed E-state index contributed by atoms with van der Waals surface area (Å²) in [5.74, 6) is 0.348. The minimum atomic E-state index is -4.76. The van der Waals surface area contributed by atoms with Crippen molar-refractivity contribution in [2.75, 3.05) is 13.8 Å². The first-order valence-corrected chi connectivity index (χ1v) is 9.10. The van der Waals surface area contributed by atoms with Crippen molar-refractivity contribution in [1.29, 1.82) is 0 Å². The average Bonchev–Trinajstić information content (AvgIpc) is 3.34. The van der Waals surface area contributed by atoms with E-state index >= 15 is 0 Å². The molecule has 0 atom stereocenters. The summed E-state index contributed by atoms with van der Waals surface area (Å²) in [4.78, 5) is 14.1. The minimum absolute atomic E-state index is 0.0997. The molecule has 0 radical (unpaired) electrons. The molecule has 0 fully saturated rings. The third-order valence-corrected chi connectivity index (χ3v) is 4.75. The topological polar surface area (TPSA) is 56.6 Å². The molecule has 1 amide bonds. The molecule has 0 N–H and O–H groups in total. The van der Waals surface area contributed by atoms with Crippen LogP contribution in [0.2, 0.25) is 0 Å². The Kier molecular flexibility index (Phi) is 4.89. The van der Waals surface area contributed by atoms with Crippen LogP contribution >= 0.6 is 0 Å². The number of nitrogens with zero attached hydrogens (tertiary/aromatic N) is 3. The van der Waals surface area contributed by atoms with Crippen LogP contribution in [0.1, 0.15) is 27.2 Å². The number of rotatable bonds is 4. The van der Waals surface area contributed by atoms with E-state index in [9.17, 15) is 18.0 Å². The number of fused-ring (bicyclic) bond motifs is 1. The number of ether oxygens (including phenoxy) is 2. The van der Waals surface area contributed by atoms with Gasteiger partial charge in [0.1, 0.15) is 0 Å². The highest BCUT2D eigenvalue weighted by molar-refractivity contribution is 5.95. The predicted octanol–water partition coefficient (Wildman–Crippen LogP) is 4.20. The zero-order valence-electron chi connectivity index (χ0n) is 16.2. The molecule has 0 saturated heterocycles. The summed E-state index contributed by atoms with van der Waals surface area (Å²) < 4.78 is 52.8.